The maximum absolute atomic E-state index is 13.6. The Bertz CT molecular complexity index is 1380. The molecule has 8 heteroatoms. The zero-order valence-electron chi connectivity index (χ0n) is 18.6. The zero-order chi connectivity index (χ0) is 24.6. The van der Waals surface area contributed by atoms with Crippen molar-refractivity contribution >= 4 is 38.4 Å². The molecule has 1 aliphatic rings. The number of hydrogen-bond acceptors (Lipinski definition) is 3. The topological polar surface area (TPSA) is 36.4 Å². The summed E-state index contributed by atoms with van der Waals surface area (Å²) < 4.78 is 40.3. The highest BCUT2D eigenvalue weighted by molar-refractivity contribution is 9.10. The molecular weight excluding hydrogens is 519 g/mol. The van der Waals surface area contributed by atoms with Crippen LogP contribution in [0.15, 0.2) is 83.3 Å². The highest BCUT2D eigenvalue weighted by Gasteiger charge is 2.31. The summed E-state index contributed by atoms with van der Waals surface area (Å²) in [6.07, 6.45) is -4.39. The summed E-state index contributed by atoms with van der Waals surface area (Å²) in [7, 11) is 0. The van der Waals surface area contributed by atoms with Gasteiger partial charge in [0.15, 0.2) is 0 Å². The Labute approximate surface area is 209 Å². The molecule has 0 N–H and O–H groups in total. The quantitative estimate of drug-likeness (QED) is 0.292. The number of halogens is 4. The van der Waals surface area contributed by atoms with Gasteiger partial charge in [0.05, 0.1) is 22.3 Å². The largest absolute Gasteiger partial charge is 0.416 e. The number of piperazine rings is 1. The average Bonchev–Trinajstić information content (AvgIpc) is 2.88. The lowest BCUT2D eigenvalue weighted by atomic mass is 10.0. The lowest BCUT2D eigenvalue weighted by Crippen LogP contribution is -2.48. The van der Waals surface area contributed by atoms with E-state index >= 15 is 0 Å². The third kappa shape index (κ3) is 4.89. The third-order valence-corrected chi connectivity index (χ3v) is 6.72. The predicted octanol–water partition coefficient (Wildman–Crippen LogP) is 6.65. The summed E-state index contributed by atoms with van der Waals surface area (Å²) in [4.78, 5) is 22.0. The maximum Gasteiger partial charge on any atom is 0.416 e. The Morgan fingerprint density at radius 2 is 1.57 bits per heavy atom. The van der Waals surface area contributed by atoms with Gasteiger partial charge >= 0.3 is 6.18 Å². The number of rotatable bonds is 3. The Morgan fingerprint density at radius 3 is 2.29 bits per heavy atom. The van der Waals surface area contributed by atoms with Crippen molar-refractivity contribution in [3.05, 3.63) is 94.5 Å². The highest BCUT2D eigenvalue weighted by Crippen LogP contribution is 2.32. The molecule has 1 aromatic heterocycles. The molecule has 0 radical (unpaired) electrons. The van der Waals surface area contributed by atoms with Crippen LogP contribution in [-0.4, -0.2) is 42.0 Å². The van der Waals surface area contributed by atoms with Gasteiger partial charge in [-0.05, 0) is 42.5 Å². The first-order valence-corrected chi connectivity index (χ1v) is 12.0. The number of para-hydroxylation sites is 1. The van der Waals surface area contributed by atoms with E-state index in [1.807, 2.05) is 59.5 Å². The van der Waals surface area contributed by atoms with Gasteiger partial charge < -0.3 is 9.80 Å². The number of pyridine rings is 1. The highest BCUT2D eigenvalue weighted by atomic mass is 79.9. The van der Waals surface area contributed by atoms with Crippen molar-refractivity contribution in [3.63, 3.8) is 0 Å². The van der Waals surface area contributed by atoms with E-state index < -0.39 is 11.7 Å². The van der Waals surface area contributed by atoms with Crippen LogP contribution in [0.4, 0.5) is 18.9 Å². The predicted molar refractivity (Wildman–Crippen MR) is 134 cm³/mol. The van der Waals surface area contributed by atoms with Gasteiger partial charge in [-0.25, -0.2) is 4.98 Å². The van der Waals surface area contributed by atoms with Crippen LogP contribution in [0.3, 0.4) is 0 Å². The molecule has 1 fully saturated rings. The van der Waals surface area contributed by atoms with Gasteiger partial charge in [-0.1, -0.05) is 52.3 Å². The molecule has 3 aromatic carbocycles. The number of aromatic nitrogens is 1. The van der Waals surface area contributed by atoms with E-state index in [1.54, 1.807) is 11.0 Å². The van der Waals surface area contributed by atoms with Crippen LogP contribution in [0, 0.1) is 0 Å². The van der Waals surface area contributed by atoms with Gasteiger partial charge in [-0.2, -0.15) is 13.2 Å². The summed E-state index contributed by atoms with van der Waals surface area (Å²) in [6, 6.07) is 22.5. The summed E-state index contributed by atoms with van der Waals surface area (Å²) in [6.45, 7) is 1.74. The summed E-state index contributed by atoms with van der Waals surface area (Å²) in [5, 5.41) is 0.777. The number of nitrogens with zero attached hydrogens (tertiary/aromatic N) is 3. The molecule has 0 unspecified atom stereocenters. The van der Waals surface area contributed by atoms with Gasteiger partial charge in [0, 0.05) is 47.3 Å². The fourth-order valence-electron chi connectivity index (χ4n) is 4.34. The van der Waals surface area contributed by atoms with Gasteiger partial charge in [0.25, 0.3) is 5.91 Å². The third-order valence-electron chi connectivity index (χ3n) is 6.19. The molecule has 1 aliphatic heterocycles. The lowest BCUT2D eigenvalue weighted by Gasteiger charge is -2.36. The molecular formula is C27H21BrF3N3O. The van der Waals surface area contributed by atoms with Crippen LogP contribution < -0.4 is 4.90 Å². The summed E-state index contributed by atoms with van der Waals surface area (Å²) in [5.74, 6) is -0.106. The summed E-state index contributed by atoms with van der Waals surface area (Å²) >= 11 is 3.44. The minimum atomic E-state index is -4.39. The second-order valence-corrected chi connectivity index (χ2v) is 9.32. The van der Waals surface area contributed by atoms with Crippen molar-refractivity contribution in [1.82, 2.24) is 9.88 Å². The minimum Gasteiger partial charge on any atom is -0.368 e. The van der Waals surface area contributed by atoms with E-state index in [9.17, 15) is 18.0 Å². The molecule has 0 bridgehead atoms. The number of alkyl halides is 3. The number of carbonyl (C=O) groups is 1. The van der Waals surface area contributed by atoms with Crippen molar-refractivity contribution in [2.24, 2.45) is 0 Å². The molecule has 4 aromatic rings. The number of fused-ring (bicyclic) bond motifs is 1. The van der Waals surface area contributed by atoms with Gasteiger partial charge in [0.2, 0.25) is 0 Å². The number of anilines is 1. The lowest BCUT2D eigenvalue weighted by molar-refractivity contribution is -0.137. The van der Waals surface area contributed by atoms with Gasteiger partial charge in [-0.15, -0.1) is 0 Å². The van der Waals surface area contributed by atoms with Crippen LogP contribution in [-0.2, 0) is 6.18 Å². The molecule has 0 saturated carbocycles. The van der Waals surface area contributed by atoms with Crippen molar-refractivity contribution in [2.75, 3.05) is 31.1 Å². The number of amides is 1. The van der Waals surface area contributed by atoms with Crippen LogP contribution in [0.1, 0.15) is 15.9 Å². The minimum absolute atomic E-state index is 0.106. The van der Waals surface area contributed by atoms with Crippen LogP contribution in [0.2, 0.25) is 0 Å². The Morgan fingerprint density at radius 1 is 0.857 bits per heavy atom. The average molecular weight is 540 g/mol. The number of carbonyl (C=O) groups excluding carboxylic acids is 1. The van der Waals surface area contributed by atoms with Gasteiger partial charge in [0.1, 0.15) is 0 Å². The zero-order valence-corrected chi connectivity index (χ0v) is 20.2. The van der Waals surface area contributed by atoms with Crippen LogP contribution in [0.25, 0.3) is 22.2 Å². The molecule has 2 heterocycles. The van der Waals surface area contributed by atoms with E-state index in [0.717, 1.165) is 27.0 Å². The SMILES string of the molecule is O=C(c1cc(-c2ccc(Br)cc2)nc2ccccc12)N1CCN(c2cccc(C(F)(F)F)c2)CC1. The van der Waals surface area contributed by atoms with Gasteiger partial charge in [-0.3, -0.25) is 4.79 Å². The van der Waals surface area contributed by atoms with E-state index in [-0.39, 0.29) is 5.91 Å². The standard InChI is InChI=1S/C27H21BrF3N3O/c28-20-10-8-18(9-11-20)25-17-23(22-6-1-2-7-24(22)32-25)26(35)34-14-12-33(13-15-34)21-5-3-4-19(16-21)27(29,30)31/h1-11,16-17H,12-15H2. The molecule has 0 atom stereocenters. The maximum atomic E-state index is 13.6. The smallest absolute Gasteiger partial charge is 0.368 e. The first kappa shape index (κ1) is 23.4. The number of hydrogen-bond donors (Lipinski definition) is 0. The number of benzene rings is 3. The van der Waals surface area contributed by atoms with Crippen molar-refractivity contribution in [2.45, 2.75) is 6.18 Å². The van der Waals surface area contributed by atoms with E-state index in [1.165, 1.54) is 12.1 Å². The van der Waals surface area contributed by atoms with Crippen molar-refractivity contribution in [3.8, 4) is 11.3 Å². The van der Waals surface area contributed by atoms with Crippen molar-refractivity contribution < 1.29 is 18.0 Å². The molecule has 178 valence electrons. The normalized spacial score (nSPS) is 14.4. The molecule has 1 saturated heterocycles. The second kappa shape index (κ2) is 9.34. The molecule has 0 spiro atoms. The second-order valence-electron chi connectivity index (χ2n) is 8.41. The Balaban J connectivity index is 1.40. The molecule has 35 heavy (non-hydrogen) atoms. The summed E-state index contributed by atoms with van der Waals surface area (Å²) in [5.41, 5.74) is 2.76. The van der Waals surface area contributed by atoms with Crippen LogP contribution >= 0.6 is 15.9 Å². The van der Waals surface area contributed by atoms with E-state index in [0.29, 0.717) is 43.1 Å². The van der Waals surface area contributed by atoms with Crippen molar-refractivity contribution in [1.29, 1.82) is 0 Å². The van der Waals surface area contributed by atoms with E-state index in [4.69, 9.17) is 4.98 Å². The van der Waals surface area contributed by atoms with Crippen LogP contribution in [0.5, 0.6) is 0 Å². The fraction of sp³-hybridized carbons (Fsp3) is 0.185. The molecule has 0 aliphatic carbocycles. The Hall–Kier alpha value is -3.39. The van der Waals surface area contributed by atoms with E-state index in [2.05, 4.69) is 15.9 Å². The molecule has 1 amide bonds. The monoisotopic (exact) mass is 539 g/mol. The molecule has 5 rings (SSSR count). The molecule has 4 nitrogen and oxygen atoms in total. The first-order valence-electron chi connectivity index (χ1n) is 11.2. The fourth-order valence-corrected chi connectivity index (χ4v) is 4.60. The Kier molecular flexibility index (Phi) is 6.23. The first-order chi connectivity index (χ1) is 16.8.